The summed E-state index contributed by atoms with van der Waals surface area (Å²) in [5, 5.41) is 14.8. The number of nitrogens with zero attached hydrogens (tertiary/aromatic N) is 2. The fourth-order valence-corrected chi connectivity index (χ4v) is 2.22. The maximum absolute atomic E-state index is 12.1. The Labute approximate surface area is 119 Å². The third-order valence-corrected chi connectivity index (χ3v) is 3.43. The van der Waals surface area contributed by atoms with E-state index in [0.29, 0.717) is 18.2 Å². The van der Waals surface area contributed by atoms with Crippen molar-refractivity contribution >= 4 is 11.6 Å². The smallest absolute Gasteiger partial charge is 0.238 e. The van der Waals surface area contributed by atoms with Gasteiger partial charge in [0, 0.05) is 24.8 Å². The third-order valence-electron chi connectivity index (χ3n) is 3.43. The Morgan fingerprint density at radius 3 is 2.65 bits per heavy atom. The second-order valence-corrected chi connectivity index (χ2v) is 5.02. The lowest BCUT2D eigenvalue weighted by Gasteiger charge is -2.37. The molecule has 0 saturated carbocycles. The summed E-state index contributed by atoms with van der Waals surface area (Å²) in [6.07, 6.45) is 1.04. The van der Waals surface area contributed by atoms with Crippen LogP contribution in [-0.4, -0.2) is 43.0 Å². The Hall–Kier alpha value is -1.90. The zero-order valence-electron chi connectivity index (χ0n) is 11.7. The van der Waals surface area contributed by atoms with Crippen molar-refractivity contribution < 1.29 is 4.79 Å². The van der Waals surface area contributed by atoms with E-state index in [-0.39, 0.29) is 5.91 Å². The van der Waals surface area contributed by atoms with Crippen LogP contribution in [-0.2, 0) is 4.79 Å². The van der Waals surface area contributed by atoms with Gasteiger partial charge in [-0.3, -0.25) is 9.69 Å². The molecule has 0 aliphatic carbocycles. The molecule has 2 rings (SSSR count). The number of hydrogen-bond donors (Lipinski definition) is 2. The van der Waals surface area contributed by atoms with Gasteiger partial charge < -0.3 is 10.6 Å². The number of benzene rings is 1. The van der Waals surface area contributed by atoms with Crippen LogP contribution in [0.1, 0.15) is 18.9 Å². The first-order valence-corrected chi connectivity index (χ1v) is 6.97. The number of nitrogens with one attached hydrogen (secondary N) is 2. The number of carbonyl (C=O) groups excluding carboxylic acids is 1. The van der Waals surface area contributed by atoms with E-state index in [2.05, 4.69) is 28.5 Å². The number of anilines is 1. The monoisotopic (exact) mass is 272 g/mol. The molecule has 5 heteroatoms. The average Bonchev–Trinajstić information content (AvgIpc) is 2.37. The molecule has 0 unspecified atom stereocenters. The standard InChI is InChI=1S/C15H20N4O/c1-2-7-19(14-9-17-10-14)11-15(20)18-13-5-3-12(8-16)4-6-13/h3-6,14,17H,2,7,9-11H2,1H3,(H,18,20). The van der Waals surface area contributed by atoms with Crippen LogP contribution >= 0.6 is 0 Å². The van der Waals surface area contributed by atoms with Crippen molar-refractivity contribution in [1.82, 2.24) is 10.2 Å². The predicted molar refractivity (Wildman–Crippen MR) is 78.3 cm³/mol. The van der Waals surface area contributed by atoms with Gasteiger partial charge in [-0.15, -0.1) is 0 Å². The molecule has 0 radical (unpaired) electrons. The zero-order valence-corrected chi connectivity index (χ0v) is 11.7. The van der Waals surface area contributed by atoms with E-state index in [1.165, 1.54) is 0 Å². The molecule has 2 N–H and O–H groups in total. The van der Waals surface area contributed by atoms with Crippen molar-refractivity contribution in [3.05, 3.63) is 29.8 Å². The summed E-state index contributed by atoms with van der Waals surface area (Å²) < 4.78 is 0. The number of nitriles is 1. The molecular weight excluding hydrogens is 252 g/mol. The molecule has 0 bridgehead atoms. The van der Waals surface area contributed by atoms with E-state index < -0.39 is 0 Å². The highest BCUT2D eigenvalue weighted by Crippen LogP contribution is 2.10. The topological polar surface area (TPSA) is 68.2 Å². The minimum Gasteiger partial charge on any atom is -0.325 e. The molecule has 1 aromatic rings. The van der Waals surface area contributed by atoms with Crippen molar-refractivity contribution in [1.29, 1.82) is 5.26 Å². The molecule has 1 saturated heterocycles. The quantitative estimate of drug-likeness (QED) is 0.816. The van der Waals surface area contributed by atoms with Crippen molar-refractivity contribution in [2.24, 2.45) is 0 Å². The first-order chi connectivity index (χ1) is 9.72. The second kappa shape index (κ2) is 7.04. The van der Waals surface area contributed by atoms with Crippen LogP contribution in [0.3, 0.4) is 0 Å². The lowest BCUT2D eigenvalue weighted by Crippen LogP contribution is -2.58. The van der Waals surface area contributed by atoms with Crippen LogP contribution in [0.25, 0.3) is 0 Å². The molecule has 106 valence electrons. The Balaban J connectivity index is 1.88. The van der Waals surface area contributed by atoms with Gasteiger partial charge >= 0.3 is 0 Å². The number of carbonyl (C=O) groups is 1. The van der Waals surface area contributed by atoms with Crippen molar-refractivity contribution in [2.45, 2.75) is 19.4 Å². The Bertz CT molecular complexity index is 488. The lowest BCUT2D eigenvalue weighted by molar-refractivity contribution is -0.118. The SMILES string of the molecule is CCCN(CC(=O)Nc1ccc(C#N)cc1)C1CNC1. The van der Waals surface area contributed by atoms with Crippen molar-refractivity contribution in [3.8, 4) is 6.07 Å². The predicted octanol–water partition coefficient (Wildman–Crippen LogP) is 1.18. The normalized spacial score (nSPS) is 14.7. The van der Waals surface area contributed by atoms with Gasteiger partial charge in [0.1, 0.15) is 0 Å². The highest BCUT2D eigenvalue weighted by Gasteiger charge is 2.25. The van der Waals surface area contributed by atoms with Gasteiger partial charge in [-0.25, -0.2) is 0 Å². The molecule has 0 atom stereocenters. The minimum absolute atomic E-state index is 0.00458. The summed E-state index contributed by atoms with van der Waals surface area (Å²) in [6, 6.07) is 9.45. The van der Waals surface area contributed by atoms with Crippen LogP contribution < -0.4 is 10.6 Å². The van der Waals surface area contributed by atoms with E-state index in [0.717, 1.165) is 31.7 Å². The van der Waals surface area contributed by atoms with Gasteiger partial charge in [-0.2, -0.15) is 5.26 Å². The van der Waals surface area contributed by atoms with Crippen LogP contribution in [0, 0.1) is 11.3 Å². The highest BCUT2D eigenvalue weighted by atomic mass is 16.2. The van der Waals surface area contributed by atoms with E-state index >= 15 is 0 Å². The fourth-order valence-electron chi connectivity index (χ4n) is 2.22. The maximum atomic E-state index is 12.1. The van der Waals surface area contributed by atoms with Gasteiger partial charge in [0.25, 0.3) is 0 Å². The highest BCUT2D eigenvalue weighted by molar-refractivity contribution is 5.92. The summed E-state index contributed by atoms with van der Waals surface area (Å²) >= 11 is 0. The molecule has 5 nitrogen and oxygen atoms in total. The molecule has 1 aliphatic heterocycles. The minimum atomic E-state index is -0.00458. The molecule has 20 heavy (non-hydrogen) atoms. The average molecular weight is 272 g/mol. The second-order valence-electron chi connectivity index (χ2n) is 5.02. The van der Waals surface area contributed by atoms with Crippen molar-refractivity contribution in [3.63, 3.8) is 0 Å². The summed E-state index contributed by atoms with van der Waals surface area (Å²) in [6.45, 7) is 5.40. The van der Waals surface area contributed by atoms with Crippen LogP contribution in [0.5, 0.6) is 0 Å². The maximum Gasteiger partial charge on any atom is 0.238 e. The fraction of sp³-hybridized carbons (Fsp3) is 0.467. The summed E-state index contributed by atoms with van der Waals surface area (Å²) in [5.74, 6) is -0.00458. The van der Waals surface area contributed by atoms with E-state index in [4.69, 9.17) is 5.26 Å². The number of rotatable bonds is 6. The van der Waals surface area contributed by atoms with Gasteiger partial charge in [0.2, 0.25) is 5.91 Å². The number of amides is 1. The molecular formula is C15H20N4O. The lowest BCUT2D eigenvalue weighted by atomic mass is 10.1. The first-order valence-electron chi connectivity index (χ1n) is 6.97. The van der Waals surface area contributed by atoms with Gasteiger partial charge in [0.15, 0.2) is 0 Å². The van der Waals surface area contributed by atoms with E-state index in [9.17, 15) is 4.79 Å². The first kappa shape index (κ1) is 14.5. The van der Waals surface area contributed by atoms with Gasteiger partial charge in [-0.1, -0.05) is 6.92 Å². The molecule has 1 fully saturated rings. The van der Waals surface area contributed by atoms with Crippen LogP contribution in [0.4, 0.5) is 5.69 Å². The number of hydrogen-bond acceptors (Lipinski definition) is 4. The van der Waals surface area contributed by atoms with Gasteiger partial charge in [-0.05, 0) is 37.2 Å². The summed E-state index contributed by atoms with van der Waals surface area (Å²) in [7, 11) is 0. The van der Waals surface area contributed by atoms with E-state index in [1.54, 1.807) is 24.3 Å². The molecule has 0 aromatic heterocycles. The zero-order chi connectivity index (χ0) is 14.4. The summed E-state index contributed by atoms with van der Waals surface area (Å²) in [5.41, 5.74) is 1.33. The third kappa shape index (κ3) is 3.80. The molecule has 1 amide bonds. The Morgan fingerprint density at radius 2 is 2.15 bits per heavy atom. The Kier molecular flexibility index (Phi) is 5.10. The molecule has 0 spiro atoms. The van der Waals surface area contributed by atoms with Crippen LogP contribution in [0.15, 0.2) is 24.3 Å². The van der Waals surface area contributed by atoms with E-state index in [1.807, 2.05) is 0 Å². The van der Waals surface area contributed by atoms with Crippen molar-refractivity contribution in [2.75, 3.05) is 31.5 Å². The van der Waals surface area contributed by atoms with Gasteiger partial charge in [0.05, 0.1) is 18.2 Å². The van der Waals surface area contributed by atoms with Crippen LogP contribution in [0.2, 0.25) is 0 Å². The largest absolute Gasteiger partial charge is 0.325 e. The molecule has 1 aromatic carbocycles. The summed E-state index contributed by atoms with van der Waals surface area (Å²) in [4.78, 5) is 14.3. The Morgan fingerprint density at radius 1 is 1.45 bits per heavy atom. The molecule has 1 heterocycles. The molecule has 1 aliphatic rings.